The van der Waals surface area contributed by atoms with Gasteiger partial charge in [0.15, 0.2) is 5.96 Å². The van der Waals surface area contributed by atoms with E-state index in [1.165, 1.54) is 0 Å². The Morgan fingerprint density at radius 2 is 1.96 bits per heavy atom. The van der Waals surface area contributed by atoms with E-state index in [4.69, 9.17) is 0 Å². The van der Waals surface area contributed by atoms with Crippen molar-refractivity contribution in [3.63, 3.8) is 0 Å². The molecule has 1 aliphatic rings. The Bertz CT molecular complexity index is 472. The number of amides is 1. The molecule has 25 heavy (non-hydrogen) atoms. The molecule has 3 atom stereocenters. The predicted octanol–water partition coefficient (Wildman–Crippen LogP) is 2.01. The van der Waals surface area contributed by atoms with Gasteiger partial charge in [-0.15, -0.1) is 24.0 Å². The molecule has 0 radical (unpaired) electrons. The Balaban J connectivity index is 0.00000576. The van der Waals surface area contributed by atoms with Gasteiger partial charge in [-0.05, 0) is 40.0 Å². The topological polar surface area (TPSA) is 82.6 Å². The van der Waals surface area contributed by atoms with Gasteiger partial charge in [0.1, 0.15) is 0 Å². The van der Waals surface area contributed by atoms with Gasteiger partial charge in [0.25, 0.3) is 0 Å². The standard InChI is InChI=1S/C17H34N4O2S.HI/c1-6-19-16(20-12-17(3,4)15(22)18-5)21-13-9-8-10-14(11-13)24(23)7-2;/h13-14H,6-12H2,1-5H3,(H,18,22)(H2,19,20,21);1H. The summed E-state index contributed by atoms with van der Waals surface area (Å²) < 4.78 is 12.1. The summed E-state index contributed by atoms with van der Waals surface area (Å²) in [5, 5.41) is 9.68. The van der Waals surface area contributed by atoms with E-state index in [0.717, 1.165) is 43.9 Å². The van der Waals surface area contributed by atoms with Crippen molar-refractivity contribution in [2.24, 2.45) is 10.4 Å². The van der Waals surface area contributed by atoms with Gasteiger partial charge in [-0.1, -0.05) is 13.3 Å². The van der Waals surface area contributed by atoms with Crippen molar-refractivity contribution in [1.82, 2.24) is 16.0 Å². The summed E-state index contributed by atoms with van der Waals surface area (Å²) in [4.78, 5) is 16.5. The van der Waals surface area contributed by atoms with Crippen molar-refractivity contribution in [3.8, 4) is 0 Å². The van der Waals surface area contributed by atoms with Gasteiger partial charge in [-0.2, -0.15) is 0 Å². The lowest BCUT2D eigenvalue weighted by molar-refractivity contribution is -0.128. The van der Waals surface area contributed by atoms with E-state index in [9.17, 15) is 9.00 Å². The summed E-state index contributed by atoms with van der Waals surface area (Å²) in [7, 11) is 0.915. The molecule has 0 aromatic carbocycles. The molecule has 0 saturated heterocycles. The average molecular weight is 486 g/mol. The smallest absolute Gasteiger partial charge is 0.227 e. The van der Waals surface area contributed by atoms with Crippen LogP contribution >= 0.6 is 24.0 Å². The van der Waals surface area contributed by atoms with Crippen LogP contribution in [0, 0.1) is 5.41 Å². The summed E-state index contributed by atoms with van der Waals surface area (Å²) >= 11 is 0. The number of nitrogens with zero attached hydrogens (tertiary/aromatic N) is 1. The van der Waals surface area contributed by atoms with Crippen molar-refractivity contribution < 1.29 is 9.00 Å². The molecular formula is C17H35IN4O2S. The highest BCUT2D eigenvalue weighted by molar-refractivity contribution is 14.0. The minimum atomic E-state index is -0.731. The van der Waals surface area contributed by atoms with Crippen LogP contribution in [0.3, 0.4) is 0 Å². The van der Waals surface area contributed by atoms with Crippen molar-refractivity contribution in [3.05, 3.63) is 0 Å². The first kappa shape index (κ1) is 24.6. The zero-order chi connectivity index (χ0) is 18.2. The molecule has 1 saturated carbocycles. The highest BCUT2D eigenvalue weighted by atomic mass is 127. The van der Waals surface area contributed by atoms with Gasteiger partial charge in [0, 0.05) is 41.4 Å². The lowest BCUT2D eigenvalue weighted by Crippen LogP contribution is -2.47. The second-order valence-electron chi connectivity index (χ2n) is 6.96. The van der Waals surface area contributed by atoms with Crippen LogP contribution in [0.25, 0.3) is 0 Å². The first-order valence-electron chi connectivity index (χ1n) is 8.98. The Labute approximate surface area is 172 Å². The summed E-state index contributed by atoms with van der Waals surface area (Å²) in [6.45, 7) is 8.97. The van der Waals surface area contributed by atoms with E-state index in [0.29, 0.717) is 12.6 Å². The number of rotatable bonds is 7. The van der Waals surface area contributed by atoms with E-state index in [-0.39, 0.29) is 35.1 Å². The molecule has 148 valence electrons. The molecule has 0 heterocycles. The van der Waals surface area contributed by atoms with Gasteiger partial charge < -0.3 is 16.0 Å². The van der Waals surface area contributed by atoms with Gasteiger partial charge >= 0.3 is 0 Å². The van der Waals surface area contributed by atoms with Gasteiger partial charge in [-0.25, -0.2) is 0 Å². The van der Waals surface area contributed by atoms with Crippen molar-refractivity contribution in [2.45, 2.75) is 64.7 Å². The first-order valence-corrected chi connectivity index (χ1v) is 10.4. The molecule has 3 unspecified atom stereocenters. The second kappa shape index (κ2) is 12.1. The molecule has 0 aromatic heterocycles. The second-order valence-corrected chi connectivity index (χ2v) is 8.96. The van der Waals surface area contributed by atoms with Crippen LogP contribution in [0.5, 0.6) is 0 Å². The highest BCUT2D eigenvalue weighted by Gasteiger charge is 2.28. The van der Waals surface area contributed by atoms with Crippen LogP contribution in [0.1, 0.15) is 53.4 Å². The predicted molar refractivity (Wildman–Crippen MR) is 117 cm³/mol. The number of hydrogen-bond donors (Lipinski definition) is 3. The van der Waals surface area contributed by atoms with Crippen LogP contribution in [0.15, 0.2) is 4.99 Å². The fourth-order valence-electron chi connectivity index (χ4n) is 2.95. The molecule has 0 spiro atoms. The Morgan fingerprint density at radius 1 is 1.28 bits per heavy atom. The van der Waals surface area contributed by atoms with Crippen molar-refractivity contribution in [2.75, 3.05) is 25.9 Å². The largest absolute Gasteiger partial charge is 0.359 e. The first-order chi connectivity index (χ1) is 11.3. The third kappa shape index (κ3) is 8.23. The van der Waals surface area contributed by atoms with Gasteiger partial charge in [0.2, 0.25) is 5.91 Å². The Morgan fingerprint density at radius 3 is 2.52 bits per heavy atom. The quantitative estimate of drug-likeness (QED) is 0.292. The molecule has 1 fully saturated rings. The van der Waals surface area contributed by atoms with Crippen molar-refractivity contribution >= 4 is 46.6 Å². The number of aliphatic imine (C=N–C) groups is 1. The van der Waals surface area contributed by atoms with E-state index in [1.807, 2.05) is 27.7 Å². The number of hydrogen-bond acceptors (Lipinski definition) is 3. The number of nitrogens with one attached hydrogen (secondary N) is 3. The van der Waals surface area contributed by atoms with E-state index >= 15 is 0 Å². The van der Waals surface area contributed by atoms with E-state index in [1.54, 1.807) is 7.05 Å². The lowest BCUT2D eigenvalue weighted by Gasteiger charge is -2.30. The third-order valence-corrected chi connectivity index (χ3v) is 6.18. The van der Waals surface area contributed by atoms with Crippen LogP contribution < -0.4 is 16.0 Å². The van der Waals surface area contributed by atoms with Crippen LogP contribution in [-0.4, -0.2) is 53.3 Å². The fourth-order valence-corrected chi connectivity index (χ4v) is 4.30. The minimum Gasteiger partial charge on any atom is -0.359 e. The number of halogens is 1. The highest BCUT2D eigenvalue weighted by Crippen LogP contribution is 2.23. The monoisotopic (exact) mass is 486 g/mol. The number of carbonyl (C=O) groups is 1. The molecule has 0 bridgehead atoms. The zero-order valence-corrected chi connectivity index (χ0v) is 19.3. The normalized spacial score (nSPS) is 22.5. The summed E-state index contributed by atoms with van der Waals surface area (Å²) in [5.41, 5.74) is -0.546. The molecule has 8 heteroatoms. The summed E-state index contributed by atoms with van der Waals surface area (Å²) in [5.74, 6) is 1.45. The molecule has 6 nitrogen and oxygen atoms in total. The molecule has 3 N–H and O–H groups in total. The Hall–Kier alpha value is -0.380. The molecular weight excluding hydrogens is 451 g/mol. The minimum absolute atomic E-state index is 0. The lowest BCUT2D eigenvalue weighted by atomic mass is 9.92. The maximum atomic E-state index is 12.1. The summed E-state index contributed by atoms with van der Waals surface area (Å²) in [6, 6.07) is 0.292. The Kier molecular flexibility index (Phi) is 11.9. The van der Waals surface area contributed by atoms with E-state index < -0.39 is 16.2 Å². The number of carbonyl (C=O) groups excluding carboxylic acids is 1. The maximum Gasteiger partial charge on any atom is 0.227 e. The number of guanidine groups is 1. The van der Waals surface area contributed by atoms with E-state index in [2.05, 4.69) is 20.9 Å². The van der Waals surface area contributed by atoms with Gasteiger partial charge in [0.05, 0.1) is 12.0 Å². The molecule has 1 rings (SSSR count). The average Bonchev–Trinajstić information content (AvgIpc) is 2.58. The SMILES string of the molecule is CCNC(=NCC(C)(C)C(=O)NC)NC1CCCC(S(=O)CC)C1.I. The van der Waals surface area contributed by atoms with Gasteiger partial charge in [-0.3, -0.25) is 14.0 Å². The maximum absolute atomic E-state index is 12.1. The van der Waals surface area contributed by atoms with Crippen LogP contribution in [-0.2, 0) is 15.6 Å². The molecule has 1 aliphatic carbocycles. The fraction of sp³-hybridized carbons (Fsp3) is 0.882. The van der Waals surface area contributed by atoms with Crippen LogP contribution in [0.4, 0.5) is 0 Å². The summed E-state index contributed by atoms with van der Waals surface area (Å²) in [6.07, 6.45) is 4.14. The zero-order valence-electron chi connectivity index (χ0n) is 16.2. The molecule has 0 aromatic rings. The molecule has 0 aliphatic heterocycles. The van der Waals surface area contributed by atoms with Crippen molar-refractivity contribution in [1.29, 1.82) is 0 Å². The van der Waals surface area contributed by atoms with Crippen LogP contribution in [0.2, 0.25) is 0 Å². The third-order valence-electron chi connectivity index (χ3n) is 4.44. The molecule has 1 amide bonds.